The van der Waals surface area contributed by atoms with Crippen LogP contribution in [0.2, 0.25) is 0 Å². The lowest BCUT2D eigenvalue weighted by molar-refractivity contribution is -0.115. The Morgan fingerprint density at radius 1 is 1.55 bits per heavy atom. The first kappa shape index (κ1) is 8.51. The van der Waals surface area contributed by atoms with Gasteiger partial charge in [-0.15, -0.1) is 0 Å². The van der Waals surface area contributed by atoms with E-state index in [2.05, 4.69) is 13.8 Å². The topological polar surface area (TPSA) is 17.1 Å². The third-order valence-corrected chi connectivity index (χ3v) is 2.51. The molecule has 0 saturated heterocycles. The van der Waals surface area contributed by atoms with E-state index in [-0.39, 0.29) is 0 Å². The lowest BCUT2D eigenvalue weighted by Gasteiger charge is -2.20. The van der Waals surface area contributed by atoms with E-state index in [9.17, 15) is 4.79 Å². The molecule has 0 spiro atoms. The Hall–Kier alpha value is -0.590. The van der Waals surface area contributed by atoms with E-state index in [1.54, 1.807) is 0 Å². The van der Waals surface area contributed by atoms with Crippen molar-refractivity contribution in [2.45, 2.75) is 39.5 Å². The van der Waals surface area contributed by atoms with E-state index in [4.69, 9.17) is 0 Å². The number of hydrogen-bond acceptors (Lipinski definition) is 1. The lowest BCUT2D eigenvalue weighted by Crippen LogP contribution is -2.12. The molecule has 0 aromatic heterocycles. The summed E-state index contributed by atoms with van der Waals surface area (Å²) in [5.41, 5.74) is 1.36. The van der Waals surface area contributed by atoms with Gasteiger partial charge in [-0.1, -0.05) is 19.4 Å². The minimum Gasteiger partial charge on any atom is -0.295 e. The molecule has 1 atom stereocenters. The van der Waals surface area contributed by atoms with Crippen molar-refractivity contribution in [1.29, 1.82) is 0 Å². The van der Waals surface area contributed by atoms with Crippen LogP contribution in [0, 0.1) is 5.92 Å². The van der Waals surface area contributed by atoms with Crippen molar-refractivity contribution >= 4 is 5.78 Å². The first-order valence-corrected chi connectivity index (χ1v) is 4.51. The standard InChI is InChI=1S/C10H16O/c1-3-8-5-6-10(11)7-9(8)4-2/h7-8H,3-6H2,1-2H3. The Morgan fingerprint density at radius 2 is 2.27 bits per heavy atom. The van der Waals surface area contributed by atoms with Gasteiger partial charge in [-0.3, -0.25) is 4.79 Å². The molecule has 1 nitrogen and oxygen atoms in total. The Labute approximate surface area is 68.5 Å². The maximum absolute atomic E-state index is 11.0. The maximum Gasteiger partial charge on any atom is 0.155 e. The largest absolute Gasteiger partial charge is 0.295 e. The fourth-order valence-electron chi connectivity index (χ4n) is 1.76. The zero-order valence-corrected chi connectivity index (χ0v) is 7.39. The van der Waals surface area contributed by atoms with Gasteiger partial charge in [-0.25, -0.2) is 0 Å². The molecule has 0 aromatic rings. The summed E-state index contributed by atoms with van der Waals surface area (Å²) in [5.74, 6) is 1.02. The Morgan fingerprint density at radius 3 is 2.82 bits per heavy atom. The van der Waals surface area contributed by atoms with Crippen LogP contribution in [0.4, 0.5) is 0 Å². The molecule has 1 rings (SSSR count). The fraction of sp³-hybridized carbons (Fsp3) is 0.700. The molecule has 0 fully saturated rings. The number of carbonyl (C=O) groups excluding carboxylic acids is 1. The van der Waals surface area contributed by atoms with Crippen LogP contribution in [-0.2, 0) is 4.79 Å². The zero-order valence-electron chi connectivity index (χ0n) is 7.39. The first-order valence-electron chi connectivity index (χ1n) is 4.51. The van der Waals surface area contributed by atoms with E-state index in [1.807, 2.05) is 6.08 Å². The third kappa shape index (κ3) is 1.92. The Kier molecular flexibility index (Phi) is 2.86. The van der Waals surface area contributed by atoms with Crippen molar-refractivity contribution in [3.63, 3.8) is 0 Å². The molecule has 0 bridgehead atoms. The second-order valence-corrected chi connectivity index (χ2v) is 3.18. The third-order valence-electron chi connectivity index (χ3n) is 2.51. The summed E-state index contributed by atoms with van der Waals surface area (Å²) < 4.78 is 0. The van der Waals surface area contributed by atoms with Gasteiger partial charge in [0.1, 0.15) is 0 Å². The minimum atomic E-state index is 0.326. The predicted octanol–water partition coefficient (Wildman–Crippen LogP) is 2.71. The van der Waals surface area contributed by atoms with Gasteiger partial charge in [0, 0.05) is 6.42 Å². The highest BCUT2D eigenvalue weighted by Gasteiger charge is 2.17. The van der Waals surface area contributed by atoms with Crippen LogP contribution in [0.3, 0.4) is 0 Å². The van der Waals surface area contributed by atoms with Crippen LogP contribution in [-0.4, -0.2) is 5.78 Å². The van der Waals surface area contributed by atoms with Gasteiger partial charge in [-0.05, 0) is 31.3 Å². The molecule has 11 heavy (non-hydrogen) atoms. The average Bonchev–Trinajstić information content (AvgIpc) is 2.04. The normalized spacial score (nSPS) is 25.1. The number of carbonyl (C=O) groups is 1. The average molecular weight is 152 g/mol. The van der Waals surface area contributed by atoms with Crippen molar-refractivity contribution in [1.82, 2.24) is 0 Å². The summed E-state index contributed by atoms with van der Waals surface area (Å²) in [7, 11) is 0. The van der Waals surface area contributed by atoms with Crippen LogP contribution in [0.1, 0.15) is 39.5 Å². The highest BCUT2D eigenvalue weighted by Crippen LogP contribution is 2.27. The van der Waals surface area contributed by atoms with Crippen molar-refractivity contribution in [2.75, 3.05) is 0 Å². The van der Waals surface area contributed by atoms with Gasteiger partial charge >= 0.3 is 0 Å². The van der Waals surface area contributed by atoms with Gasteiger partial charge < -0.3 is 0 Å². The van der Waals surface area contributed by atoms with Gasteiger partial charge in [0.2, 0.25) is 0 Å². The molecule has 1 aliphatic carbocycles. The highest BCUT2D eigenvalue weighted by molar-refractivity contribution is 5.91. The smallest absolute Gasteiger partial charge is 0.155 e. The molecular formula is C10H16O. The van der Waals surface area contributed by atoms with Crippen LogP contribution >= 0.6 is 0 Å². The van der Waals surface area contributed by atoms with Gasteiger partial charge in [0.15, 0.2) is 5.78 Å². The monoisotopic (exact) mass is 152 g/mol. The van der Waals surface area contributed by atoms with Gasteiger partial charge in [-0.2, -0.15) is 0 Å². The number of ketones is 1. The minimum absolute atomic E-state index is 0.326. The van der Waals surface area contributed by atoms with Crippen LogP contribution in [0.15, 0.2) is 11.6 Å². The molecule has 0 amide bonds. The predicted molar refractivity (Wildman–Crippen MR) is 46.4 cm³/mol. The maximum atomic E-state index is 11.0. The quantitative estimate of drug-likeness (QED) is 0.594. The summed E-state index contributed by atoms with van der Waals surface area (Å²) in [6.45, 7) is 4.33. The number of hydrogen-bond donors (Lipinski definition) is 0. The molecule has 1 aliphatic rings. The number of rotatable bonds is 2. The molecule has 0 heterocycles. The molecule has 62 valence electrons. The van der Waals surface area contributed by atoms with Crippen molar-refractivity contribution in [3.8, 4) is 0 Å². The summed E-state index contributed by atoms with van der Waals surface area (Å²) >= 11 is 0. The molecule has 1 unspecified atom stereocenters. The molecular weight excluding hydrogens is 136 g/mol. The molecule has 0 radical (unpaired) electrons. The first-order chi connectivity index (χ1) is 5.27. The van der Waals surface area contributed by atoms with Crippen LogP contribution < -0.4 is 0 Å². The van der Waals surface area contributed by atoms with E-state index in [0.717, 1.165) is 19.3 Å². The van der Waals surface area contributed by atoms with E-state index >= 15 is 0 Å². The second kappa shape index (κ2) is 3.70. The van der Waals surface area contributed by atoms with Crippen LogP contribution in [0.5, 0.6) is 0 Å². The van der Waals surface area contributed by atoms with Gasteiger partial charge in [0.25, 0.3) is 0 Å². The summed E-state index contributed by atoms with van der Waals surface area (Å²) in [6, 6.07) is 0. The van der Waals surface area contributed by atoms with Crippen molar-refractivity contribution < 1.29 is 4.79 Å². The van der Waals surface area contributed by atoms with Gasteiger partial charge in [0.05, 0.1) is 0 Å². The molecule has 0 N–H and O–H groups in total. The zero-order chi connectivity index (χ0) is 8.27. The van der Waals surface area contributed by atoms with Crippen LogP contribution in [0.25, 0.3) is 0 Å². The fourth-order valence-corrected chi connectivity index (χ4v) is 1.76. The highest BCUT2D eigenvalue weighted by atomic mass is 16.1. The summed E-state index contributed by atoms with van der Waals surface area (Å²) in [4.78, 5) is 11.0. The lowest BCUT2D eigenvalue weighted by atomic mass is 9.84. The van der Waals surface area contributed by atoms with E-state index in [0.29, 0.717) is 11.7 Å². The van der Waals surface area contributed by atoms with Crippen molar-refractivity contribution in [2.24, 2.45) is 5.92 Å². The molecule has 0 aromatic carbocycles. The molecule has 0 aliphatic heterocycles. The Balaban J connectivity index is 2.70. The van der Waals surface area contributed by atoms with Crippen molar-refractivity contribution in [3.05, 3.63) is 11.6 Å². The summed E-state index contributed by atoms with van der Waals surface area (Å²) in [6.07, 6.45) is 5.94. The molecule has 0 saturated carbocycles. The molecule has 1 heteroatoms. The SMILES string of the molecule is CCC1=CC(=O)CCC1CC. The second-order valence-electron chi connectivity index (χ2n) is 3.18. The summed E-state index contributed by atoms with van der Waals surface area (Å²) in [5, 5.41) is 0. The Bertz CT molecular complexity index is 179. The van der Waals surface area contributed by atoms with E-state index < -0.39 is 0 Å². The van der Waals surface area contributed by atoms with E-state index in [1.165, 1.54) is 12.0 Å². The number of allylic oxidation sites excluding steroid dienone is 2.